The van der Waals surface area contributed by atoms with Crippen molar-refractivity contribution in [3.8, 4) is 11.5 Å². The van der Waals surface area contributed by atoms with E-state index in [0.29, 0.717) is 21.4 Å². The summed E-state index contributed by atoms with van der Waals surface area (Å²) in [5.41, 5.74) is 1.31. The number of fused-ring (bicyclic) bond motifs is 2. The average Bonchev–Trinajstić information content (AvgIpc) is 2.46. The van der Waals surface area contributed by atoms with E-state index in [1.807, 2.05) is 18.2 Å². The van der Waals surface area contributed by atoms with Crippen molar-refractivity contribution in [3.05, 3.63) is 40.9 Å². The van der Waals surface area contributed by atoms with Gasteiger partial charge in [-0.2, -0.15) is 0 Å². The Morgan fingerprint density at radius 3 is 2.63 bits per heavy atom. The van der Waals surface area contributed by atoms with Gasteiger partial charge < -0.3 is 13.9 Å². The summed E-state index contributed by atoms with van der Waals surface area (Å²) >= 11 is 5.46. The van der Waals surface area contributed by atoms with E-state index in [2.05, 4.69) is 12.1 Å². The summed E-state index contributed by atoms with van der Waals surface area (Å²) in [6.07, 6.45) is 0. The van der Waals surface area contributed by atoms with Crippen molar-refractivity contribution < 1.29 is 13.9 Å². The van der Waals surface area contributed by atoms with E-state index in [1.165, 1.54) is 0 Å². The Labute approximate surface area is 115 Å². The first kappa shape index (κ1) is 11.8. The molecule has 0 atom stereocenters. The summed E-state index contributed by atoms with van der Waals surface area (Å²) in [5, 5.41) is 1.59. The van der Waals surface area contributed by atoms with Crippen molar-refractivity contribution in [1.29, 1.82) is 0 Å². The van der Waals surface area contributed by atoms with Gasteiger partial charge in [0.25, 0.3) is 0 Å². The van der Waals surface area contributed by atoms with Crippen LogP contribution in [0.2, 0.25) is 0 Å². The fourth-order valence-corrected chi connectivity index (χ4v) is 2.25. The maximum Gasteiger partial charge on any atom is 0.173 e. The molecule has 1 heterocycles. The molecule has 19 heavy (non-hydrogen) atoms. The third kappa shape index (κ3) is 1.88. The van der Waals surface area contributed by atoms with Crippen LogP contribution in [0.15, 0.2) is 28.7 Å². The first-order valence-corrected chi connectivity index (χ1v) is 6.06. The Morgan fingerprint density at radius 1 is 1.05 bits per heavy atom. The van der Waals surface area contributed by atoms with Crippen molar-refractivity contribution in [2.45, 2.75) is 0 Å². The average molecular weight is 270 g/mol. The third-order valence-corrected chi connectivity index (χ3v) is 3.34. The number of ether oxygens (including phenoxy) is 2. The maximum atomic E-state index is 5.83. The quantitative estimate of drug-likeness (QED) is 0.660. The molecule has 0 amide bonds. The second-order valence-electron chi connectivity index (χ2n) is 4.00. The number of rotatable bonds is 2. The van der Waals surface area contributed by atoms with Gasteiger partial charge >= 0.3 is 0 Å². The summed E-state index contributed by atoms with van der Waals surface area (Å²) in [7, 11) is 3.19. The second-order valence-corrected chi connectivity index (χ2v) is 4.40. The van der Waals surface area contributed by atoms with E-state index in [1.54, 1.807) is 20.3 Å². The van der Waals surface area contributed by atoms with Crippen LogP contribution in [0.25, 0.3) is 21.9 Å². The van der Waals surface area contributed by atoms with Gasteiger partial charge in [0, 0.05) is 17.5 Å². The highest BCUT2D eigenvalue weighted by Crippen LogP contribution is 2.28. The van der Waals surface area contributed by atoms with Crippen LogP contribution in [0.1, 0.15) is 0 Å². The number of hydrogen-bond donors (Lipinski definition) is 0. The third-order valence-electron chi connectivity index (χ3n) is 2.92. The van der Waals surface area contributed by atoms with Gasteiger partial charge in [-0.25, -0.2) is 0 Å². The van der Waals surface area contributed by atoms with Crippen molar-refractivity contribution in [2.75, 3.05) is 14.2 Å². The molecule has 1 aromatic heterocycles. The summed E-state index contributed by atoms with van der Waals surface area (Å²) in [6, 6.07) is 13.2. The topological polar surface area (TPSA) is 31.6 Å². The molecule has 3 rings (SSSR count). The zero-order chi connectivity index (χ0) is 13.4. The summed E-state index contributed by atoms with van der Waals surface area (Å²) in [4.78, 5) is 0. The lowest BCUT2D eigenvalue weighted by molar-refractivity contribution is 0.414. The molecule has 0 radical (unpaired) electrons. The Bertz CT molecular complexity index is 756. The van der Waals surface area contributed by atoms with Gasteiger partial charge in [-0.15, -0.1) is 0 Å². The van der Waals surface area contributed by atoms with Crippen LogP contribution in [-0.2, 0) is 0 Å². The van der Waals surface area contributed by atoms with Crippen LogP contribution >= 0.6 is 12.2 Å². The minimum Gasteiger partial charge on any atom is -0.497 e. The molecule has 0 saturated heterocycles. The molecule has 3 nitrogen and oxygen atoms in total. The van der Waals surface area contributed by atoms with E-state index >= 15 is 0 Å². The normalized spacial score (nSPS) is 10.4. The fraction of sp³-hybridized carbons (Fsp3) is 0.133. The number of methoxy groups -OCH3 is 2. The van der Waals surface area contributed by atoms with Crippen molar-refractivity contribution in [3.63, 3.8) is 0 Å². The zero-order valence-electron chi connectivity index (χ0n) is 10.4. The highest BCUT2D eigenvalue weighted by Gasteiger charge is 2.06. The van der Waals surface area contributed by atoms with E-state index in [9.17, 15) is 0 Å². The molecular formula is C15H10O3S. The molecule has 0 fully saturated rings. The van der Waals surface area contributed by atoms with Crippen molar-refractivity contribution in [1.82, 2.24) is 0 Å². The van der Waals surface area contributed by atoms with Crippen LogP contribution in [0.5, 0.6) is 11.5 Å². The summed E-state index contributed by atoms with van der Waals surface area (Å²) in [5.74, 6) is 1.29. The molecule has 0 N–H and O–H groups in total. The molecule has 3 aromatic rings. The molecule has 0 aliphatic heterocycles. The standard InChI is InChI=1S/C15H10O3S/c1-16-9-3-5-11-13(7-9)18-14-8-10(17-2)4-6-12(14)15(11)19/h3,5,7-8H,1-2H3. The Balaban J connectivity index is 2.41. The van der Waals surface area contributed by atoms with Gasteiger partial charge in [0.1, 0.15) is 16.9 Å². The van der Waals surface area contributed by atoms with E-state index in [-0.39, 0.29) is 0 Å². The Kier molecular flexibility index (Phi) is 2.77. The Hall–Kier alpha value is -2.25. The van der Waals surface area contributed by atoms with Gasteiger partial charge in [-0.05, 0) is 18.2 Å². The SMILES string of the molecule is COc1c#cc2c(=S)c3ccc(OC)cc3oc2c1. The van der Waals surface area contributed by atoms with Gasteiger partial charge in [0.2, 0.25) is 0 Å². The molecule has 0 spiro atoms. The number of benzene rings is 1. The van der Waals surface area contributed by atoms with Crippen LogP contribution in [0.4, 0.5) is 0 Å². The highest BCUT2D eigenvalue weighted by molar-refractivity contribution is 7.72. The van der Waals surface area contributed by atoms with Crippen LogP contribution in [-0.4, -0.2) is 14.2 Å². The minimum atomic E-state index is 0.563. The first-order chi connectivity index (χ1) is 9.22. The van der Waals surface area contributed by atoms with E-state index < -0.39 is 0 Å². The molecule has 0 aliphatic rings. The lowest BCUT2D eigenvalue weighted by Gasteiger charge is -2.04. The van der Waals surface area contributed by atoms with Gasteiger partial charge in [0.15, 0.2) is 5.75 Å². The zero-order valence-corrected chi connectivity index (χ0v) is 11.3. The molecule has 4 heteroatoms. The van der Waals surface area contributed by atoms with Crippen LogP contribution in [0, 0.1) is 16.6 Å². The molecule has 94 valence electrons. The molecule has 0 saturated carbocycles. The van der Waals surface area contributed by atoms with Crippen molar-refractivity contribution in [2.24, 2.45) is 0 Å². The minimum absolute atomic E-state index is 0.563. The predicted molar refractivity (Wildman–Crippen MR) is 75.3 cm³/mol. The van der Waals surface area contributed by atoms with Crippen LogP contribution < -0.4 is 9.47 Å². The monoisotopic (exact) mass is 270 g/mol. The smallest absolute Gasteiger partial charge is 0.173 e. The first-order valence-electron chi connectivity index (χ1n) is 5.65. The predicted octanol–water partition coefficient (Wildman–Crippen LogP) is 3.93. The van der Waals surface area contributed by atoms with Crippen molar-refractivity contribution >= 4 is 34.2 Å². The second kappa shape index (κ2) is 4.45. The molecule has 0 unspecified atom stereocenters. The van der Waals surface area contributed by atoms with Gasteiger partial charge in [-0.1, -0.05) is 18.3 Å². The largest absolute Gasteiger partial charge is 0.497 e. The summed E-state index contributed by atoms with van der Waals surface area (Å²) in [6.45, 7) is 0. The van der Waals surface area contributed by atoms with Gasteiger partial charge in [-0.3, -0.25) is 0 Å². The van der Waals surface area contributed by atoms with E-state index in [0.717, 1.165) is 16.5 Å². The molecule has 0 bridgehead atoms. The Morgan fingerprint density at radius 2 is 1.89 bits per heavy atom. The lowest BCUT2D eigenvalue weighted by atomic mass is 10.1. The molecular weight excluding hydrogens is 260 g/mol. The number of hydrogen-bond acceptors (Lipinski definition) is 4. The van der Waals surface area contributed by atoms with Crippen LogP contribution in [0.3, 0.4) is 0 Å². The lowest BCUT2D eigenvalue weighted by Crippen LogP contribution is -1.85. The molecule has 0 aliphatic carbocycles. The molecule has 2 aromatic carbocycles. The summed E-state index contributed by atoms with van der Waals surface area (Å²) < 4.78 is 16.8. The van der Waals surface area contributed by atoms with Gasteiger partial charge in [0.05, 0.1) is 24.1 Å². The van der Waals surface area contributed by atoms with E-state index in [4.69, 9.17) is 26.1 Å². The maximum absolute atomic E-state index is 5.83. The fourth-order valence-electron chi connectivity index (χ4n) is 1.93. The highest BCUT2D eigenvalue weighted by atomic mass is 32.1.